The first-order valence-corrected chi connectivity index (χ1v) is 7.87. The van der Waals surface area contributed by atoms with Crippen molar-refractivity contribution < 1.29 is 13.6 Å². The summed E-state index contributed by atoms with van der Waals surface area (Å²) in [6.07, 6.45) is 2.71. The zero-order chi connectivity index (χ0) is 18.5. The quantitative estimate of drug-likeness (QED) is 0.760. The molecule has 5 nitrogen and oxygen atoms in total. The standard InChI is InChI=1S/C19H16F2N4O/c1-25(12-13-6-3-2-4-7-13)17-11-22-16(10-23-17)19(26)24-18-14(20)8-5-9-15(18)21/h2-11H,12H2,1H3,(H,24,26). The molecule has 3 aromatic rings. The van der Waals surface area contributed by atoms with Crippen LogP contribution in [0.5, 0.6) is 0 Å². The Morgan fingerprint density at radius 2 is 1.69 bits per heavy atom. The molecule has 1 amide bonds. The van der Waals surface area contributed by atoms with E-state index < -0.39 is 23.2 Å². The number of hydrogen-bond donors (Lipinski definition) is 1. The minimum absolute atomic E-state index is 0.0375. The topological polar surface area (TPSA) is 58.1 Å². The monoisotopic (exact) mass is 354 g/mol. The van der Waals surface area contributed by atoms with Crippen molar-refractivity contribution in [3.8, 4) is 0 Å². The summed E-state index contributed by atoms with van der Waals surface area (Å²) >= 11 is 0. The van der Waals surface area contributed by atoms with Gasteiger partial charge in [0, 0.05) is 13.6 Å². The van der Waals surface area contributed by atoms with E-state index in [0.717, 1.165) is 17.7 Å². The number of para-hydroxylation sites is 1. The second-order valence-corrected chi connectivity index (χ2v) is 5.65. The van der Waals surface area contributed by atoms with Crippen molar-refractivity contribution in [3.05, 3.63) is 83.8 Å². The van der Waals surface area contributed by atoms with Crippen LogP contribution in [0.25, 0.3) is 0 Å². The van der Waals surface area contributed by atoms with Gasteiger partial charge in [0.15, 0.2) is 0 Å². The van der Waals surface area contributed by atoms with E-state index in [1.165, 1.54) is 18.5 Å². The lowest BCUT2D eigenvalue weighted by Crippen LogP contribution is -2.20. The number of hydrogen-bond acceptors (Lipinski definition) is 4. The van der Waals surface area contributed by atoms with Gasteiger partial charge in [-0.15, -0.1) is 0 Å². The Kier molecular flexibility index (Phi) is 5.17. The molecule has 2 aromatic carbocycles. The Balaban J connectivity index is 1.70. The van der Waals surface area contributed by atoms with Crippen LogP contribution in [-0.4, -0.2) is 22.9 Å². The van der Waals surface area contributed by atoms with Crippen molar-refractivity contribution in [2.45, 2.75) is 6.54 Å². The molecular weight excluding hydrogens is 338 g/mol. The normalized spacial score (nSPS) is 10.4. The molecule has 0 spiro atoms. The summed E-state index contributed by atoms with van der Waals surface area (Å²) in [4.78, 5) is 22.2. The smallest absolute Gasteiger partial charge is 0.276 e. The predicted molar refractivity (Wildman–Crippen MR) is 94.9 cm³/mol. The summed E-state index contributed by atoms with van der Waals surface area (Å²) < 4.78 is 27.2. The number of benzene rings is 2. The van der Waals surface area contributed by atoms with Crippen LogP contribution in [0.15, 0.2) is 60.9 Å². The van der Waals surface area contributed by atoms with E-state index >= 15 is 0 Å². The fraction of sp³-hybridized carbons (Fsp3) is 0.105. The maximum atomic E-state index is 13.6. The lowest BCUT2D eigenvalue weighted by Gasteiger charge is -2.17. The summed E-state index contributed by atoms with van der Waals surface area (Å²) in [5, 5.41) is 2.18. The molecule has 0 atom stereocenters. The third-order valence-electron chi connectivity index (χ3n) is 3.73. The van der Waals surface area contributed by atoms with Crippen LogP contribution in [-0.2, 0) is 6.54 Å². The first-order chi connectivity index (χ1) is 12.5. The zero-order valence-electron chi connectivity index (χ0n) is 14.0. The van der Waals surface area contributed by atoms with Gasteiger partial charge in [-0.2, -0.15) is 0 Å². The van der Waals surface area contributed by atoms with Gasteiger partial charge in [0.25, 0.3) is 5.91 Å². The van der Waals surface area contributed by atoms with Crippen molar-refractivity contribution in [1.29, 1.82) is 0 Å². The number of nitrogens with one attached hydrogen (secondary N) is 1. The lowest BCUT2D eigenvalue weighted by molar-refractivity contribution is 0.102. The Bertz CT molecular complexity index is 881. The Labute approximate surface area is 149 Å². The fourth-order valence-electron chi connectivity index (χ4n) is 2.37. The largest absolute Gasteiger partial charge is 0.354 e. The van der Waals surface area contributed by atoms with Crippen molar-refractivity contribution in [1.82, 2.24) is 9.97 Å². The number of anilines is 2. The maximum Gasteiger partial charge on any atom is 0.276 e. The van der Waals surface area contributed by atoms with Crippen LogP contribution in [0.2, 0.25) is 0 Å². The van der Waals surface area contributed by atoms with E-state index in [1.807, 2.05) is 42.3 Å². The molecule has 0 radical (unpaired) electrons. The van der Waals surface area contributed by atoms with Crippen molar-refractivity contribution in [2.24, 2.45) is 0 Å². The van der Waals surface area contributed by atoms with Gasteiger partial charge in [0.1, 0.15) is 28.8 Å². The van der Waals surface area contributed by atoms with Crippen LogP contribution < -0.4 is 10.2 Å². The number of nitrogens with zero attached hydrogens (tertiary/aromatic N) is 3. The van der Waals surface area contributed by atoms with E-state index in [1.54, 1.807) is 0 Å². The van der Waals surface area contributed by atoms with Crippen LogP contribution in [0.1, 0.15) is 16.1 Å². The number of aromatic nitrogens is 2. The third kappa shape index (κ3) is 4.00. The molecule has 0 aliphatic rings. The van der Waals surface area contributed by atoms with Gasteiger partial charge < -0.3 is 10.2 Å². The van der Waals surface area contributed by atoms with Gasteiger partial charge in [0.05, 0.1) is 12.4 Å². The van der Waals surface area contributed by atoms with Crippen molar-refractivity contribution in [3.63, 3.8) is 0 Å². The molecule has 0 saturated heterocycles. The lowest BCUT2D eigenvalue weighted by atomic mass is 10.2. The van der Waals surface area contributed by atoms with Crippen LogP contribution in [0.3, 0.4) is 0 Å². The second kappa shape index (κ2) is 7.69. The highest BCUT2D eigenvalue weighted by atomic mass is 19.1. The molecule has 1 N–H and O–H groups in total. The molecule has 0 unspecified atom stereocenters. The highest BCUT2D eigenvalue weighted by Gasteiger charge is 2.15. The molecule has 0 fully saturated rings. The Morgan fingerprint density at radius 3 is 2.31 bits per heavy atom. The van der Waals surface area contributed by atoms with Gasteiger partial charge in [-0.3, -0.25) is 4.79 Å². The van der Waals surface area contributed by atoms with Gasteiger partial charge in [-0.05, 0) is 17.7 Å². The highest BCUT2D eigenvalue weighted by Crippen LogP contribution is 2.19. The molecule has 0 aliphatic heterocycles. The summed E-state index contributed by atoms with van der Waals surface area (Å²) in [6.45, 7) is 0.626. The van der Waals surface area contributed by atoms with Crippen molar-refractivity contribution in [2.75, 3.05) is 17.3 Å². The first-order valence-electron chi connectivity index (χ1n) is 7.87. The average Bonchev–Trinajstić information content (AvgIpc) is 2.65. The molecule has 0 saturated carbocycles. The molecule has 7 heteroatoms. The summed E-state index contributed by atoms with van der Waals surface area (Å²) in [5.74, 6) is -1.88. The number of rotatable bonds is 5. The molecule has 1 heterocycles. The molecule has 0 bridgehead atoms. The minimum Gasteiger partial charge on any atom is -0.354 e. The van der Waals surface area contributed by atoms with Crippen LogP contribution in [0, 0.1) is 11.6 Å². The van der Waals surface area contributed by atoms with Gasteiger partial charge in [-0.25, -0.2) is 18.7 Å². The number of carbonyl (C=O) groups is 1. The molecule has 26 heavy (non-hydrogen) atoms. The van der Waals surface area contributed by atoms with Gasteiger partial charge >= 0.3 is 0 Å². The van der Waals surface area contributed by atoms with E-state index in [2.05, 4.69) is 15.3 Å². The zero-order valence-corrected chi connectivity index (χ0v) is 14.0. The number of halogens is 2. The average molecular weight is 354 g/mol. The highest BCUT2D eigenvalue weighted by molar-refractivity contribution is 6.02. The Hall–Kier alpha value is -3.35. The van der Waals surface area contributed by atoms with Gasteiger partial charge in [-0.1, -0.05) is 36.4 Å². The van der Waals surface area contributed by atoms with Crippen molar-refractivity contribution >= 4 is 17.4 Å². The molecule has 3 rings (SSSR count). The molecule has 1 aromatic heterocycles. The van der Waals surface area contributed by atoms with Crippen LogP contribution in [0.4, 0.5) is 20.3 Å². The van der Waals surface area contributed by atoms with E-state index in [4.69, 9.17) is 0 Å². The fourth-order valence-corrected chi connectivity index (χ4v) is 2.37. The van der Waals surface area contributed by atoms with Gasteiger partial charge in [0.2, 0.25) is 0 Å². The third-order valence-corrected chi connectivity index (χ3v) is 3.73. The summed E-state index contributed by atoms with van der Waals surface area (Å²) in [6, 6.07) is 13.2. The van der Waals surface area contributed by atoms with E-state index in [0.29, 0.717) is 12.4 Å². The summed E-state index contributed by atoms with van der Waals surface area (Å²) in [7, 11) is 1.85. The molecule has 0 aliphatic carbocycles. The Morgan fingerprint density at radius 1 is 1.00 bits per heavy atom. The second-order valence-electron chi connectivity index (χ2n) is 5.65. The van der Waals surface area contributed by atoms with Crippen LogP contribution >= 0.6 is 0 Å². The van der Waals surface area contributed by atoms with E-state index in [9.17, 15) is 13.6 Å². The predicted octanol–water partition coefficient (Wildman–Crippen LogP) is 3.64. The number of amides is 1. The summed E-state index contributed by atoms with van der Waals surface area (Å²) in [5.41, 5.74) is 0.558. The minimum atomic E-state index is -0.856. The van der Waals surface area contributed by atoms with E-state index in [-0.39, 0.29) is 5.69 Å². The first kappa shape index (κ1) is 17.5. The SMILES string of the molecule is CN(Cc1ccccc1)c1cnc(C(=O)Nc2c(F)cccc2F)cn1. The molecular formula is C19H16F2N4O. The maximum absolute atomic E-state index is 13.6. The molecule has 132 valence electrons. The number of carbonyl (C=O) groups excluding carboxylic acids is 1.